The fourth-order valence-electron chi connectivity index (χ4n) is 3.30. The molecule has 136 valence electrons. The number of nitrogens with zero attached hydrogens (tertiary/aromatic N) is 4. The molecule has 4 nitrogen and oxygen atoms in total. The average molecular weight is 370 g/mol. The number of thiophene rings is 1. The zero-order valence-electron chi connectivity index (χ0n) is 14.9. The Bertz CT molecular complexity index is 864. The van der Waals surface area contributed by atoms with Crippen LogP contribution in [0, 0.1) is 6.92 Å². The third kappa shape index (κ3) is 4.02. The molecule has 1 aliphatic heterocycles. The number of alkyl halides is 1. The van der Waals surface area contributed by atoms with Crippen molar-refractivity contribution >= 4 is 11.3 Å². The van der Waals surface area contributed by atoms with Gasteiger partial charge in [-0.05, 0) is 49.6 Å². The number of likely N-dealkylation sites (tertiary alicyclic amines) is 1. The number of halogens is 1. The predicted molar refractivity (Wildman–Crippen MR) is 103 cm³/mol. The van der Waals surface area contributed by atoms with Crippen LogP contribution in [0.1, 0.15) is 29.0 Å². The summed E-state index contributed by atoms with van der Waals surface area (Å²) < 4.78 is 15.2. The van der Waals surface area contributed by atoms with E-state index in [1.54, 1.807) is 11.3 Å². The molecular formula is C20H23FN4S. The maximum atomic E-state index is 13.3. The Morgan fingerprint density at radius 2 is 2.00 bits per heavy atom. The summed E-state index contributed by atoms with van der Waals surface area (Å²) in [5, 5.41) is 4.71. The molecule has 6 heteroatoms. The summed E-state index contributed by atoms with van der Waals surface area (Å²) in [4.78, 5) is 9.27. The maximum absolute atomic E-state index is 13.3. The fourth-order valence-corrected chi connectivity index (χ4v) is 4.31. The lowest BCUT2D eigenvalue weighted by Gasteiger charge is -2.27. The van der Waals surface area contributed by atoms with Crippen molar-refractivity contribution in [2.24, 2.45) is 0 Å². The number of hydrogen-bond donors (Lipinski definition) is 0. The molecule has 26 heavy (non-hydrogen) atoms. The fraction of sp³-hybridized carbons (Fsp3) is 0.400. The molecule has 0 spiro atoms. The third-order valence-electron chi connectivity index (χ3n) is 4.88. The zero-order chi connectivity index (χ0) is 17.9. The van der Waals surface area contributed by atoms with E-state index in [0.717, 1.165) is 31.0 Å². The van der Waals surface area contributed by atoms with Crippen LogP contribution in [0.25, 0.3) is 10.6 Å². The van der Waals surface area contributed by atoms with E-state index in [2.05, 4.69) is 41.1 Å². The van der Waals surface area contributed by atoms with Crippen molar-refractivity contribution in [1.82, 2.24) is 19.7 Å². The van der Waals surface area contributed by atoms with E-state index in [4.69, 9.17) is 5.10 Å². The van der Waals surface area contributed by atoms with E-state index in [9.17, 15) is 4.39 Å². The quantitative estimate of drug-likeness (QED) is 0.672. The van der Waals surface area contributed by atoms with Crippen molar-refractivity contribution in [2.75, 3.05) is 13.1 Å². The summed E-state index contributed by atoms with van der Waals surface area (Å²) in [6.07, 6.45) is 4.54. The van der Waals surface area contributed by atoms with E-state index < -0.39 is 6.17 Å². The minimum absolute atomic E-state index is 0.614. The van der Waals surface area contributed by atoms with Gasteiger partial charge in [-0.2, -0.15) is 5.10 Å². The van der Waals surface area contributed by atoms with Crippen LogP contribution in [0.15, 0.2) is 42.7 Å². The van der Waals surface area contributed by atoms with Crippen LogP contribution < -0.4 is 0 Å². The zero-order valence-corrected chi connectivity index (χ0v) is 15.8. The normalized spacial score (nSPS) is 16.2. The molecule has 1 fully saturated rings. The smallest absolute Gasteiger partial charge is 0.103 e. The minimum atomic E-state index is -0.614. The van der Waals surface area contributed by atoms with Gasteiger partial charge in [0.1, 0.15) is 11.9 Å². The first-order chi connectivity index (χ1) is 12.7. The molecule has 0 N–H and O–H groups in total. The lowest BCUT2D eigenvalue weighted by Crippen LogP contribution is -2.33. The summed E-state index contributed by atoms with van der Waals surface area (Å²) >= 11 is 1.78. The van der Waals surface area contributed by atoms with Crippen LogP contribution in [0.5, 0.6) is 0 Å². The van der Waals surface area contributed by atoms with Crippen LogP contribution in [0.4, 0.5) is 4.39 Å². The minimum Gasteiger partial charge on any atom is -0.298 e. The van der Waals surface area contributed by atoms with Crippen LogP contribution in [-0.2, 0) is 13.1 Å². The predicted octanol–water partition coefficient (Wildman–Crippen LogP) is 4.30. The Morgan fingerprint density at radius 1 is 1.15 bits per heavy atom. The molecule has 0 amide bonds. The summed E-state index contributed by atoms with van der Waals surface area (Å²) in [5.41, 5.74) is 3.22. The molecular weight excluding hydrogens is 347 g/mol. The number of pyridine rings is 1. The molecule has 3 aromatic heterocycles. The van der Waals surface area contributed by atoms with Crippen molar-refractivity contribution in [3.05, 3.63) is 58.9 Å². The number of hydrogen-bond acceptors (Lipinski definition) is 4. The van der Waals surface area contributed by atoms with Crippen LogP contribution in [-0.4, -0.2) is 38.9 Å². The molecule has 1 saturated heterocycles. The highest BCUT2D eigenvalue weighted by molar-refractivity contribution is 7.15. The van der Waals surface area contributed by atoms with Crippen molar-refractivity contribution < 1.29 is 4.39 Å². The third-order valence-corrected chi connectivity index (χ3v) is 5.97. The molecule has 3 aromatic rings. The lowest BCUT2D eigenvalue weighted by atomic mass is 10.1. The van der Waals surface area contributed by atoms with Crippen LogP contribution in [0.3, 0.4) is 0 Å². The standard InChI is InChI=1S/C20H23FN4S/c1-15-3-2-9-22-19(15)14-25-12-8-18(23-25)20-5-4-17(26-20)13-24-10-6-16(21)7-11-24/h2-5,8-9,12,16H,6-7,10-11,13-14H2,1H3. The summed E-state index contributed by atoms with van der Waals surface area (Å²) in [6, 6.07) is 10.4. The summed E-state index contributed by atoms with van der Waals surface area (Å²) in [5.74, 6) is 0. The van der Waals surface area contributed by atoms with Crippen molar-refractivity contribution in [1.29, 1.82) is 0 Å². The van der Waals surface area contributed by atoms with Crippen molar-refractivity contribution in [3.63, 3.8) is 0 Å². The van der Waals surface area contributed by atoms with Gasteiger partial charge < -0.3 is 0 Å². The summed E-state index contributed by atoms with van der Waals surface area (Å²) in [6.45, 7) is 5.37. The number of piperidine rings is 1. The topological polar surface area (TPSA) is 34.0 Å². The molecule has 0 radical (unpaired) electrons. The van der Waals surface area contributed by atoms with E-state index >= 15 is 0 Å². The van der Waals surface area contributed by atoms with Crippen LogP contribution in [0.2, 0.25) is 0 Å². The largest absolute Gasteiger partial charge is 0.298 e. The molecule has 0 atom stereocenters. The molecule has 4 rings (SSSR count). The van der Waals surface area contributed by atoms with Gasteiger partial charge in [0.2, 0.25) is 0 Å². The number of aromatic nitrogens is 3. The second-order valence-corrected chi connectivity index (χ2v) is 8.05. The Morgan fingerprint density at radius 3 is 2.81 bits per heavy atom. The molecule has 0 unspecified atom stereocenters. The van der Waals surface area contributed by atoms with Gasteiger partial charge in [-0.3, -0.25) is 14.6 Å². The van der Waals surface area contributed by atoms with E-state index in [1.165, 1.54) is 15.3 Å². The van der Waals surface area contributed by atoms with Gasteiger partial charge in [0.25, 0.3) is 0 Å². The number of aryl methyl sites for hydroxylation is 1. The van der Waals surface area contributed by atoms with Gasteiger partial charge in [-0.25, -0.2) is 4.39 Å². The molecule has 0 saturated carbocycles. The van der Waals surface area contributed by atoms with Gasteiger partial charge in [-0.1, -0.05) is 6.07 Å². The first-order valence-corrected chi connectivity index (χ1v) is 9.88. The van der Waals surface area contributed by atoms with Crippen molar-refractivity contribution in [3.8, 4) is 10.6 Å². The number of rotatable bonds is 5. The van der Waals surface area contributed by atoms with Gasteiger partial charge in [-0.15, -0.1) is 11.3 Å². The van der Waals surface area contributed by atoms with Crippen LogP contribution >= 0.6 is 11.3 Å². The Kier molecular flexibility index (Phi) is 5.13. The van der Waals surface area contributed by atoms with Gasteiger partial charge in [0.15, 0.2) is 0 Å². The van der Waals surface area contributed by atoms with E-state index in [1.807, 2.05) is 23.1 Å². The molecule has 1 aliphatic rings. The molecule has 0 bridgehead atoms. The Labute approximate surface area is 157 Å². The van der Waals surface area contributed by atoms with Crippen molar-refractivity contribution in [2.45, 2.75) is 39.0 Å². The lowest BCUT2D eigenvalue weighted by molar-refractivity contribution is 0.146. The molecule has 4 heterocycles. The van der Waals surface area contributed by atoms with E-state index in [-0.39, 0.29) is 0 Å². The highest BCUT2D eigenvalue weighted by atomic mass is 32.1. The Hall–Kier alpha value is -2.05. The van der Waals surface area contributed by atoms with Gasteiger partial charge >= 0.3 is 0 Å². The molecule has 0 aromatic carbocycles. The molecule has 0 aliphatic carbocycles. The SMILES string of the molecule is Cc1cccnc1Cn1ccc(-c2ccc(CN3CCC(F)CC3)s2)n1. The van der Waals surface area contributed by atoms with Gasteiger partial charge in [0, 0.05) is 36.9 Å². The Balaban J connectivity index is 1.42. The second-order valence-electron chi connectivity index (χ2n) is 6.88. The maximum Gasteiger partial charge on any atom is 0.103 e. The van der Waals surface area contributed by atoms with Gasteiger partial charge in [0.05, 0.1) is 17.1 Å². The summed E-state index contributed by atoms with van der Waals surface area (Å²) in [7, 11) is 0. The monoisotopic (exact) mass is 370 g/mol. The average Bonchev–Trinajstić information content (AvgIpc) is 3.28. The highest BCUT2D eigenvalue weighted by Crippen LogP contribution is 2.28. The second kappa shape index (κ2) is 7.68. The first-order valence-electron chi connectivity index (χ1n) is 9.07. The highest BCUT2D eigenvalue weighted by Gasteiger charge is 2.19. The van der Waals surface area contributed by atoms with E-state index in [0.29, 0.717) is 19.4 Å². The first kappa shape index (κ1) is 17.4.